The van der Waals surface area contributed by atoms with Gasteiger partial charge in [0.05, 0.1) is 0 Å². The number of carbonyl (C=O) groups is 2. The van der Waals surface area contributed by atoms with E-state index in [0.717, 1.165) is 11.8 Å². The number of phenolic OH excluding ortho intramolecular Hbond substituents is 2. The van der Waals surface area contributed by atoms with E-state index < -0.39 is 11.9 Å². The zero-order valence-corrected chi connectivity index (χ0v) is 12.3. The fourth-order valence-electron chi connectivity index (χ4n) is 2.68. The molecule has 1 aliphatic rings. The average molecular weight is 316 g/mol. The predicted octanol–water partition coefficient (Wildman–Crippen LogP) is 2.23. The lowest BCUT2D eigenvalue weighted by Crippen LogP contribution is -2.20. The number of carbonyl (C=O) groups excluding carboxylic acids is 2. The lowest BCUT2D eigenvalue weighted by atomic mass is 9.81. The summed E-state index contributed by atoms with van der Waals surface area (Å²) < 4.78 is 0. The van der Waals surface area contributed by atoms with Crippen molar-refractivity contribution in [2.75, 3.05) is 6.26 Å². The van der Waals surface area contributed by atoms with Gasteiger partial charge in [0, 0.05) is 27.8 Å². The van der Waals surface area contributed by atoms with Gasteiger partial charge in [-0.15, -0.1) is 0 Å². The Morgan fingerprint density at radius 3 is 2.45 bits per heavy atom. The molecule has 1 aliphatic carbocycles. The molecule has 2 aromatic rings. The van der Waals surface area contributed by atoms with Crippen molar-refractivity contribution in [1.29, 1.82) is 0 Å². The van der Waals surface area contributed by atoms with E-state index in [4.69, 9.17) is 0 Å². The Balaban J connectivity index is 2.28. The number of hydrogen-bond donors (Lipinski definition) is 3. The summed E-state index contributed by atoms with van der Waals surface area (Å²) in [6, 6.07) is 6.94. The third-order valence-corrected chi connectivity index (χ3v) is 4.31. The minimum absolute atomic E-state index is 0.0108. The first kappa shape index (κ1) is 14.6. The van der Waals surface area contributed by atoms with E-state index in [1.165, 1.54) is 30.3 Å². The van der Waals surface area contributed by atoms with Gasteiger partial charge < -0.3 is 15.3 Å². The highest BCUT2D eigenvalue weighted by Crippen LogP contribution is 2.43. The van der Waals surface area contributed by atoms with Crippen LogP contribution in [0.5, 0.6) is 11.5 Å². The molecule has 0 aromatic heterocycles. The molecular formula is C16H12O5S. The summed E-state index contributed by atoms with van der Waals surface area (Å²) in [6.07, 6.45) is 0.269. The molecular weight excluding hydrogens is 304 g/mol. The second kappa shape index (κ2) is 5.15. The first-order valence-electron chi connectivity index (χ1n) is 6.45. The number of phenols is 2. The van der Waals surface area contributed by atoms with E-state index >= 15 is 0 Å². The maximum atomic E-state index is 12.6. The van der Waals surface area contributed by atoms with Gasteiger partial charge in [0.25, 0.3) is 0 Å². The van der Waals surface area contributed by atoms with Gasteiger partial charge in [0.1, 0.15) is 17.6 Å². The van der Waals surface area contributed by atoms with Crippen LogP contribution in [0.15, 0.2) is 30.3 Å². The van der Waals surface area contributed by atoms with Gasteiger partial charge in [-0.05, 0) is 24.5 Å². The molecule has 0 heterocycles. The van der Waals surface area contributed by atoms with Crippen LogP contribution in [-0.4, -0.2) is 32.5 Å². The number of rotatable bonds is 1. The molecule has 3 rings (SSSR count). The third kappa shape index (κ3) is 2.00. The highest BCUT2D eigenvalue weighted by molar-refractivity contribution is 8.13. The van der Waals surface area contributed by atoms with Crippen LogP contribution in [0, 0.1) is 0 Å². The van der Waals surface area contributed by atoms with Crippen molar-refractivity contribution in [3.05, 3.63) is 58.1 Å². The largest absolute Gasteiger partial charge is 0.508 e. The van der Waals surface area contributed by atoms with Crippen LogP contribution in [0.4, 0.5) is 0 Å². The third-order valence-electron chi connectivity index (χ3n) is 3.70. The molecule has 0 aliphatic heterocycles. The maximum absolute atomic E-state index is 12.6. The zero-order valence-electron chi connectivity index (χ0n) is 11.5. The van der Waals surface area contributed by atoms with Crippen molar-refractivity contribution in [3.63, 3.8) is 0 Å². The zero-order chi connectivity index (χ0) is 16.0. The highest BCUT2D eigenvalue weighted by Gasteiger charge is 2.35. The predicted molar refractivity (Wildman–Crippen MR) is 81.6 cm³/mol. The molecule has 0 spiro atoms. The van der Waals surface area contributed by atoms with Crippen LogP contribution < -0.4 is 0 Å². The molecule has 6 heteroatoms. The van der Waals surface area contributed by atoms with Crippen molar-refractivity contribution < 1.29 is 24.9 Å². The fraction of sp³-hybridized carbons (Fsp3) is 0.125. The molecule has 5 nitrogen and oxygen atoms in total. The van der Waals surface area contributed by atoms with Gasteiger partial charge in [0.15, 0.2) is 5.78 Å². The molecule has 0 radical (unpaired) electrons. The van der Waals surface area contributed by atoms with Crippen molar-refractivity contribution in [1.82, 2.24) is 0 Å². The average Bonchev–Trinajstić information content (AvgIpc) is 2.50. The standard InChI is InChI=1S/C16H12O5S/c1-22-16(21)7-5-9-13(11(18)6-7)15(20)12-8(14(9)19)3-2-4-10(12)17/h2-6,15,17-18,20H,1H3. The second-order valence-corrected chi connectivity index (χ2v) is 5.70. The van der Waals surface area contributed by atoms with Crippen LogP contribution in [0.3, 0.4) is 0 Å². The van der Waals surface area contributed by atoms with Crippen molar-refractivity contribution in [3.8, 4) is 11.5 Å². The summed E-state index contributed by atoms with van der Waals surface area (Å²) >= 11 is 0.964. The number of benzene rings is 2. The molecule has 0 amide bonds. The maximum Gasteiger partial charge on any atom is 0.219 e. The van der Waals surface area contributed by atoms with Gasteiger partial charge >= 0.3 is 0 Å². The molecule has 22 heavy (non-hydrogen) atoms. The Morgan fingerprint density at radius 2 is 1.77 bits per heavy atom. The molecule has 0 bridgehead atoms. The SMILES string of the molecule is CSC(=O)c1cc(O)c2c(c1)C(=O)c1cccc(O)c1C2O. The number of thioether (sulfide) groups is 1. The molecule has 112 valence electrons. The van der Waals surface area contributed by atoms with Gasteiger partial charge in [-0.25, -0.2) is 0 Å². The Labute approximate surface area is 130 Å². The fourth-order valence-corrected chi connectivity index (χ4v) is 3.03. The van der Waals surface area contributed by atoms with Gasteiger partial charge in [-0.1, -0.05) is 23.9 Å². The molecule has 2 aromatic carbocycles. The van der Waals surface area contributed by atoms with Crippen LogP contribution in [0.2, 0.25) is 0 Å². The molecule has 3 N–H and O–H groups in total. The monoisotopic (exact) mass is 316 g/mol. The van der Waals surface area contributed by atoms with Gasteiger partial charge in [-0.3, -0.25) is 9.59 Å². The number of aliphatic hydroxyl groups is 1. The lowest BCUT2D eigenvalue weighted by molar-refractivity contribution is 0.101. The molecule has 0 fully saturated rings. The summed E-state index contributed by atoms with van der Waals surface area (Å²) in [5.41, 5.74) is 0.500. The summed E-state index contributed by atoms with van der Waals surface area (Å²) in [7, 11) is 0. The first-order chi connectivity index (χ1) is 10.5. The van der Waals surface area contributed by atoms with E-state index in [1.807, 2.05) is 0 Å². The minimum Gasteiger partial charge on any atom is -0.508 e. The van der Waals surface area contributed by atoms with E-state index in [9.17, 15) is 24.9 Å². The summed E-state index contributed by atoms with van der Waals surface area (Å²) in [6.45, 7) is 0. The molecule has 1 atom stereocenters. The van der Waals surface area contributed by atoms with Crippen molar-refractivity contribution in [2.45, 2.75) is 6.10 Å². The normalized spacial score (nSPS) is 16.1. The van der Waals surface area contributed by atoms with Crippen molar-refractivity contribution in [2.24, 2.45) is 0 Å². The van der Waals surface area contributed by atoms with E-state index in [0.29, 0.717) is 0 Å². The smallest absolute Gasteiger partial charge is 0.219 e. The number of fused-ring (bicyclic) bond motifs is 2. The van der Waals surface area contributed by atoms with E-state index in [1.54, 1.807) is 6.26 Å². The Hall–Kier alpha value is -2.31. The van der Waals surface area contributed by atoms with Crippen LogP contribution in [0.25, 0.3) is 0 Å². The number of aromatic hydroxyl groups is 2. The van der Waals surface area contributed by atoms with Crippen LogP contribution in [-0.2, 0) is 0 Å². The topological polar surface area (TPSA) is 94.8 Å². The quantitative estimate of drug-likeness (QED) is 0.747. The number of ketones is 1. The lowest BCUT2D eigenvalue weighted by Gasteiger charge is -2.25. The van der Waals surface area contributed by atoms with Crippen LogP contribution in [0.1, 0.15) is 43.5 Å². The number of aliphatic hydroxyl groups excluding tert-OH is 1. The summed E-state index contributed by atoms with van der Waals surface area (Å²) in [4.78, 5) is 24.3. The van der Waals surface area contributed by atoms with Crippen LogP contribution >= 0.6 is 11.8 Å². The van der Waals surface area contributed by atoms with Crippen molar-refractivity contribution >= 4 is 22.7 Å². The second-order valence-electron chi connectivity index (χ2n) is 4.92. The van der Waals surface area contributed by atoms with Gasteiger partial charge in [-0.2, -0.15) is 0 Å². The number of hydrogen-bond acceptors (Lipinski definition) is 6. The first-order valence-corrected chi connectivity index (χ1v) is 7.68. The molecule has 1 unspecified atom stereocenters. The van der Waals surface area contributed by atoms with E-state index in [-0.39, 0.29) is 44.4 Å². The Morgan fingerprint density at radius 1 is 1.09 bits per heavy atom. The molecule has 0 saturated heterocycles. The summed E-state index contributed by atoms with van der Waals surface area (Å²) in [5.74, 6) is -1.01. The highest BCUT2D eigenvalue weighted by atomic mass is 32.2. The Bertz CT molecular complexity index is 812. The van der Waals surface area contributed by atoms with E-state index in [2.05, 4.69) is 0 Å². The Kier molecular flexibility index (Phi) is 3.42. The summed E-state index contributed by atoms with van der Waals surface area (Å²) in [5, 5.41) is 30.1. The minimum atomic E-state index is -1.33. The van der Waals surface area contributed by atoms with Gasteiger partial charge in [0.2, 0.25) is 5.12 Å². The molecule has 0 saturated carbocycles.